The van der Waals surface area contributed by atoms with Gasteiger partial charge >= 0.3 is 0 Å². The molecule has 1 heteroatoms. The van der Waals surface area contributed by atoms with Crippen molar-refractivity contribution in [1.82, 2.24) is 0 Å². The summed E-state index contributed by atoms with van der Waals surface area (Å²) in [7, 11) is 0. The van der Waals surface area contributed by atoms with Crippen molar-refractivity contribution in [1.29, 1.82) is 0 Å². The Bertz CT molecular complexity index is 53.2. The van der Waals surface area contributed by atoms with Crippen LogP contribution in [0.3, 0.4) is 0 Å². The minimum Gasteiger partial charge on any atom is -0.153 e. The van der Waals surface area contributed by atoms with Crippen LogP contribution in [0.15, 0.2) is 0 Å². The van der Waals surface area contributed by atoms with E-state index in [-0.39, 0.29) is 0 Å². The van der Waals surface area contributed by atoms with Crippen molar-refractivity contribution < 1.29 is 0 Å². The zero-order chi connectivity index (χ0) is 5.28. The van der Waals surface area contributed by atoms with Crippen LogP contribution >= 0.6 is 11.8 Å². The highest BCUT2D eigenvalue weighted by Gasteiger charge is 2.33. The van der Waals surface area contributed by atoms with E-state index in [1.54, 1.807) is 0 Å². The zero-order valence-corrected chi connectivity index (χ0v) is 5.79. The minimum absolute atomic E-state index is 1.03. The minimum atomic E-state index is 1.03. The standard InChI is InChI=1S/C6H12S/c1-3-5-6(4-2)7-5/h5-6H,3-4H2,1-2H3/t5-,6-/m1/s1. The van der Waals surface area contributed by atoms with Crippen LogP contribution < -0.4 is 0 Å². The lowest BCUT2D eigenvalue weighted by molar-refractivity contribution is 0.817. The molecule has 0 aromatic heterocycles. The zero-order valence-electron chi connectivity index (χ0n) is 4.98. The van der Waals surface area contributed by atoms with Crippen LogP contribution in [0.4, 0.5) is 0 Å². The van der Waals surface area contributed by atoms with Crippen molar-refractivity contribution in [2.24, 2.45) is 0 Å². The molecule has 1 aliphatic heterocycles. The average molecular weight is 116 g/mol. The van der Waals surface area contributed by atoms with Gasteiger partial charge < -0.3 is 0 Å². The number of rotatable bonds is 2. The van der Waals surface area contributed by atoms with Crippen molar-refractivity contribution in [2.45, 2.75) is 37.2 Å². The third-order valence-corrected chi connectivity index (χ3v) is 3.20. The molecule has 0 saturated carbocycles. The molecule has 1 rings (SSSR count). The van der Waals surface area contributed by atoms with Gasteiger partial charge in [0.15, 0.2) is 0 Å². The third kappa shape index (κ3) is 1.12. The topological polar surface area (TPSA) is 0 Å². The second kappa shape index (κ2) is 2.08. The van der Waals surface area contributed by atoms with E-state index in [1.165, 1.54) is 12.8 Å². The molecular formula is C6H12S. The van der Waals surface area contributed by atoms with Crippen LogP contribution in [-0.2, 0) is 0 Å². The fraction of sp³-hybridized carbons (Fsp3) is 1.00. The van der Waals surface area contributed by atoms with Crippen molar-refractivity contribution in [3.05, 3.63) is 0 Å². The Morgan fingerprint density at radius 3 is 1.71 bits per heavy atom. The van der Waals surface area contributed by atoms with Crippen LogP contribution in [0.2, 0.25) is 0 Å². The summed E-state index contributed by atoms with van der Waals surface area (Å²) in [5.74, 6) is 0. The first-order valence-electron chi connectivity index (χ1n) is 3.04. The molecule has 1 aliphatic rings. The van der Waals surface area contributed by atoms with E-state index in [9.17, 15) is 0 Å². The van der Waals surface area contributed by atoms with Crippen LogP contribution in [-0.4, -0.2) is 10.5 Å². The summed E-state index contributed by atoms with van der Waals surface area (Å²) in [6.45, 7) is 4.54. The second-order valence-electron chi connectivity index (χ2n) is 2.03. The molecule has 0 radical (unpaired) electrons. The average Bonchev–Trinajstić information content (AvgIpc) is 2.43. The predicted octanol–water partition coefficient (Wildman–Crippen LogP) is 2.29. The summed E-state index contributed by atoms with van der Waals surface area (Å²) in [6.07, 6.45) is 2.76. The SMILES string of the molecule is CC[C@H]1S[C@@H]1CC. The van der Waals surface area contributed by atoms with Crippen LogP contribution in [0.5, 0.6) is 0 Å². The smallest absolute Gasteiger partial charge is 0.0167 e. The molecule has 2 atom stereocenters. The fourth-order valence-corrected chi connectivity index (χ4v) is 2.03. The van der Waals surface area contributed by atoms with Crippen LogP contribution in [0, 0.1) is 0 Å². The lowest BCUT2D eigenvalue weighted by Gasteiger charge is -1.81. The Balaban J connectivity index is 2.06. The quantitative estimate of drug-likeness (QED) is 0.499. The molecule has 0 unspecified atom stereocenters. The first kappa shape index (κ1) is 5.49. The monoisotopic (exact) mass is 116 g/mol. The van der Waals surface area contributed by atoms with Crippen molar-refractivity contribution in [3.63, 3.8) is 0 Å². The predicted molar refractivity (Wildman–Crippen MR) is 35.7 cm³/mol. The summed E-state index contributed by atoms with van der Waals surface area (Å²) < 4.78 is 0. The van der Waals surface area contributed by atoms with Crippen molar-refractivity contribution in [2.75, 3.05) is 0 Å². The van der Waals surface area contributed by atoms with Crippen molar-refractivity contribution >= 4 is 11.8 Å². The maximum atomic E-state index is 2.27. The van der Waals surface area contributed by atoms with Gasteiger partial charge in [-0.1, -0.05) is 13.8 Å². The Hall–Kier alpha value is 0.350. The summed E-state index contributed by atoms with van der Waals surface area (Å²) in [4.78, 5) is 0. The van der Waals surface area contributed by atoms with Gasteiger partial charge in [0.25, 0.3) is 0 Å². The van der Waals surface area contributed by atoms with E-state index in [4.69, 9.17) is 0 Å². The molecule has 1 saturated heterocycles. The van der Waals surface area contributed by atoms with Gasteiger partial charge in [0.1, 0.15) is 0 Å². The molecule has 0 nitrogen and oxygen atoms in total. The summed E-state index contributed by atoms with van der Waals surface area (Å²) in [5, 5.41) is 2.06. The molecule has 0 aromatic carbocycles. The molecule has 0 amide bonds. The molecular weight excluding hydrogens is 104 g/mol. The molecule has 0 bridgehead atoms. The van der Waals surface area contributed by atoms with E-state index in [2.05, 4.69) is 25.6 Å². The summed E-state index contributed by atoms with van der Waals surface area (Å²) in [5.41, 5.74) is 0. The first-order chi connectivity index (χ1) is 3.38. The van der Waals surface area contributed by atoms with E-state index in [0.29, 0.717) is 0 Å². The largest absolute Gasteiger partial charge is 0.153 e. The number of hydrogen-bond acceptors (Lipinski definition) is 1. The number of hydrogen-bond donors (Lipinski definition) is 0. The Morgan fingerprint density at radius 2 is 1.57 bits per heavy atom. The lowest BCUT2D eigenvalue weighted by atomic mass is 10.2. The first-order valence-corrected chi connectivity index (χ1v) is 3.98. The van der Waals surface area contributed by atoms with Gasteiger partial charge in [0.2, 0.25) is 0 Å². The van der Waals surface area contributed by atoms with Gasteiger partial charge in [-0.3, -0.25) is 0 Å². The highest BCUT2D eigenvalue weighted by atomic mass is 32.2. The molecule has 0 aliphatic carbocycles. The molecule has 1 heterocycles. The Morgan fingerprint density at radius 1 is 1.14 bits per heavy atom. The van der Waals surface area contributed by atoms with Gasteiger partial charge in [0, 0.05) is 10.5 Å². The van der Waals surface area contributed by atoms with Crippen LogP contribution in [0.25, 0.3) is 0 Å². The fourth-order valence-electron chi connectivity index (χ4n) is 0.897. The molecule has 7 heavy (non-hydrogen) atoms. The second-order valence-corrected chi connectivity index (χ2v) is 3.51. The van der Waals surface area contributed by atoms with Gasteiger partial charge in [-0.2, -0.15) is 11.8 Å². The normalized spacial score (nSPS) is 38.6. The molecule has 1 fully saturated rings. The highest BCUT2D eigenvalue weighted by Crippen LogP contribution is 2.45. The Labute approximate surface area is 49.7 Å². The van der Waals surface area contributed by atoms with E-state index >= 15 is 0 Å². The van der Waals surface area contributed by atoms with E-state index in [1.807, 2.05) is 0 Å². The molecule has 42 valence electrons. The van der Waals surface area contributed by atoms with Gasteiger partial charge in [-0.25, -0.2) is 0 Å². The van der Waals surface area contributed by atoms with Crippen molar-refractivity contribution in [3.8, 4) is 0 Å². The summed E-state index contributed by atoms with van der Waals surface area (Å²) >= 11 is 2.14. The van der Waals surface area contributed by atoms with Crippen LogP contribution in [0.1, 0.15) is 26.7 Å². The maximum Gasteiger partial charge on any atom is 0.0167 e. The maximum absolute atomic E-state index is 2.27. The third-order valence-electron chi connectivity index (χ3n) is 1.49. The molecule has 0 spiro atoms. The number of thioether (sulfide) groups is 1. The van der Waals surface area contributed by atoms with E-state index in [0.717, 1.165) is 10.5 Å². The molecule has 0 aromatic rings. The van der Waals surface area contributed by atoms with Gasteiger partial charge in [0.05, 0.1) is 0 Å². The van der Waals surface area contributed by atoms with E-state index < -0.39 is 0 Å². The van der Waals surface area contributed by atoms with Gasteiger partial charge in [-0.05, 0) is 12.8 Å². The van der Waals surface area contributed by atoms with Gasteiger partial charge in [-0.15, -0.1) is 0 Å². The molecule has 0 N–H and O–H groups in total. The lowest BCUT2D eigenvalue weighted by Crippen LogP contribution is -1.87. The highest BCUT2D eigenvalue weighted by molar-refractivity contribution is 8.07. The Kier molecular flexibility index (Phi) is 1.63. The summed E-state index contributed by atoms with van der Waals surface area (Å²) in [6, 6.07) is 0.